The summed E-state index contributed by atoms with van der Waals surface area (Å²) in [5, 5.41) is 4.29. The molecule has 2 aromatic rings. The van der Waals surface area contributed by atoms with Gasteiger partial charge in [-0.3, -0.25) is 0 Å². The predicted molar refractivity (Wildman–Crippen MR) is 93.3 cm³/mol. The quantitative estimate of drug-likeness (QED) is 0.502. The first-order valence-electron chi connectivity index (χ1n) is 7.86. The zero-order chi connectivity index (χ0) is 18.4. The number of benzene rings is 1. The van der Waals surface area contributed by atoms with Gasteiger partial charge in [0.15, 0.2) is 11.2 Å². The molecule has 7 heteroatoms. The smallest absolute Gasteiger partial charge is 0.350 e. The summed E-state index contributed by atoms with van der Waals surface area (Å²) in [6.07, 6.45) is 1.99. The van der Waals surface area contributed by atoms with Crippen molar-refractivity contribution >= 4 is 40.2 Å². The van der Waals surface area contributed by atoms with Crippen LogP contribution in [-0.4, -0.2) is 17.7 Å². The summed E-state index contributed by atoms with van der Waals surface area (Å²) < 4.78 is 16.0. The molecular formula is C18H18ClNO5. The minimum absolute atomic E-state index is 0.230. The summed E-state index contributed by atoms with van der Waals surface area (Å²) in [5.41, 5.74) is 1.93. The van der Waals surface area contributed by atoms with Gasteiger partial charge in [-0.25, -0.2) is 9.59 Å². The first kappa shape index (κ1) is 17.4. The normalized spacial score (nSPS) is 16.6. The number of aryl methyl sites for hydroxylation is 2. The van der Waals surface area contributed by atoms with E-state index >= 15 is 0 Å². The number of fused-ring (bicyclic) bond motifs is 1. The van der Waals surface area contributed by atoms with Gasteiger partial charge in [-0.05, 0) is 24.6 Å². The number of carbonyl (C=O) groups is 2. The minimum Gasteiger partial charge on any atom is -0.459 e. The second kappa shape index (κ2) is 6.11. The Morgan fingerprint density at radius 2 is 1.84 bits per heavy atom. The molecule has 0 amide bonds. The van der Waals surface area contributed by atoms with Crippen LogP contribution in [0.1, 0.15) is 32.1 Å². The maximum atomic E-state index is 12.0. The van der Waals surface area contributed by atoms with E-state index in [0.29, 0.717) is 16.3 Å². The number of anilines is 1. The zero-order valence-electron chi connectivity index (χ0n) is 14.4. The lowest BCUT2D eigenvalue weighted by atomic mass is 10.1. The third kappa shape index (κ3) is 3.22. The van der Waals surface area contributed by atoms with Gasteiger partial charge in [0.25, 0.3) is 5.79 Å². The summed E-state index contributed by atoms with van der Waals surface area (Å²) in [4.78, 5) is 24.0. The van der Waals surface area contributed by atoms with E-state index in [-0.39, 0.29) is 5.57 Å². The second-order valence-electron chi connectivity index (χ2n) is 6.22. The molecule has 1 aromatic heterocycles. The molecule has 1 fully saturated rings. The number of rotatable bonds is 3. The van der Waals surface area contributed by atoms with Gasteiger partial charge in [-0.2, -0.15) is 0 Å². The Morgan fingerprint density at radius 1 is 1.20 bits per heavy atom. The Balaban J connectivity index is 1.98. The van der Waals surface area contributed by atoms with Gasteiger partial charge in [0.1, 0.15) is 5.76 Å². The van der Waals surface area contributed by atoms with Gasteiger partial charge in [-0.1, -0.05) is 18.5 Å². The number of furan rings is 1. The molecule has 1 aromatic carbocycles. The fraction of sp³-hybridized carbons (Fsp3) is 0.333. The van der Waals surface area contributed by atoms with Crippen LogP contribution in [0.25, 0.3) is 11.0 Å². The van der Waals surface area contributed by atoms with Crippen LogP contribution in [0.2, 0.25) is 5.02 Å². The highest BCUT2D eigenvalue weighted by Crippen LogP contribution is 2.34. The fourth-order valence-electron chi connectivity index (χ4n) is 2.70. The van der Waals surface area contributed by atoms with E-state index in [0.717, 1.165) is 23.1 Å². The number of esters is 2. The van der Waals surface area contributed by atoms with Crippen molar-refractivity contribution < 1.29 is 23.5 Å². The third-order valence-electron chi connectivity index (χ3n) is 3.91. The monoisotopic (exact) mass is 363 g/mol. The number of halogens is 1. The summed E-state index contributed by atoms with van der Waals surface area (Å²) in [6.45, 7) is 6.94. The van der Waals surface area contributed by atoms with E-state index in [1.165, 1.54) is 20.0 Å². The van der Waals surface area contributed by atoms with Crippen molar-refractivity contribution in [1.29, 1.82) is 0 Å². The lowest BCUT2D eigenvalue weighted by Gasteiger charge is -2.29. The Morgan fingerprint density at radius 3 is 2.44 bits per heavy atom. The molecule has 6 nitrogen and oxygen atoms in total. The zero-order valence-corrected chi connectivity index (χ0v) is 15.1. The van der Waals surface area contributed by atoms with Gasteiger partial charge < -0.3 is 19.2 Å². The molecule has 2 heterocycles. The molecule has 0 aliphatic carbocycles. The summed E-state index contributed by atoms with van der Waals surface area (Å²) in [7, 11) is 0. The van der Waals surface area contributed by atoms with Crippen molar-refractivity contribution in [1.82, 2.24) is 0 Å². The van der Waals surface area contributed by atoms with Crippen molar-refractivity contribution in [3.63, 3.8) is 0 Å². The van der Waals surface area contributed by atoms with Crippen LogP contribution >= 0.6 is 11.6 Å². The summed E-state index contributed by atoms with van der Waals surface area (Å²) in [6, 6.07) is 3.48. The molecular weight excluding hydrogens is 346 g/mol. The standard InChI is InChI=1S/C18H18ClNO5/c1-5-14-9(2)11-6-10(19)7-13(15(11)23-14)20-8-12-16(21)24-18(3,4)25-17(12)22/h6-8,20H,5H2,1-4H3. The van der Waals surface area contributed by atoms with Crippen LogP contribution in [0, 0.1) is 6.92 Å². The van der Waals surface area contributed by atoms with Crippen molar-refractivity contribution in [2.24, 2.45) is 0 Å². The van der Waals surface area contributed by atoms with Gasteiger partial charge in [0, 0.05) is 36.9 Å². The number of hydrogen-bond donors (Lipinski definition) is 1. The predicted octanol–water partition coefficient (Wildman–Crippen LogP) is 4.09. The van der Waals surface area contributed by atoms with Crippen molar-refractivity contribution in [3.8, 4) is 0 Å². The van der Waals surface area contributed by atoms with Gasteiger partial charge in [-0.15, -0.1) is 0 Å². The van der Waals surface area contributed by atoms with Gasteiger partial charge in [0.05, 0.1) is 5.69 Å². The van der Waals surface area contributed by atoms with Crippen LogP contribution < -0.4 is 5.32 Å². The van der Waals surface area contributed by atoms with Crippen LogP contribution in [0.5, 0.6) is 0 Å². The van der Waals surface area contributed by atoms with Gasteiger partial charge >= 0.3 is 11.9 Å². The molecule has 3 rings (SSSR count). The highest BCUT2D eigenvalue weighted by atomic mass is 35.5. The Labute approximate surface area is 149 Å². The maximum absolute atomic E-state index is 12.0. The van der Waals surface area contributed by atoms with E-state index in [1.807, 2.05) is 19.9 Å². The van der Waals surface area contributed by atoms with Crippen LogP contribution in [0.4, 0.5) is 5.69 Å². The molecule has 0 unspecified atom stereocenters. The molecule has 25 heavy (non-hydrogen) atoms. The number of hydrogen-bond acceptors (Lipinski definition) is 6. The van der Waals surface area contributed by atoms with Crippen molar-refractivity contribution in [2.45, 2.75) is 39.9 Å². The van der Waals surface area contributed by atoms with E-state index in [1.54, 1.807) is 6.07 Å². The van der Waals surface area contributed by atoms with E-state index in [4.69, 9.17) is 25.5 Å². The molecule has 0 bridgehead atoms. The molecule has 0 radical (unpaired) electrons. The largest absolute Gasteiger partial charge is 0.459 e. The van der Waals surface area contributed by atoms with E-state index in [2.05, 4.69) is 5.32 Å². The third-order valence-corrected chi connectivity index (χ3v) is 4.13. The highest BCUT2D eigenvalue weighted by Gasteiger charge is 2.39. The lowest BCUT2D eigenvalue weighted by Crippen LogP contribution is -2.42. The number of carbonyl (C=O) groups excluding carboxylic acids is 2. The number of cyclic esters (lactones) is 2. The summed E-state index contributed by atoms with van der Waals surface area (Å²) in [5.74, 6) is -1.93. The Bertz CT molecular complexity index is 888. The minimum atomic E-state index is -1.27. The van der Waals surface area contributed by atoms with Crippen LogP contribution in [0.15, 0.2) is 28.3 Å². The van der Waals surface area contributed by atoms with Crippen molar-refractivity contribution in [3.05, 3.63) is 40.3 Å². The topological polar surface area (TPSA) is 77.8 Å². The van der Waals surface area contributed by atoms with E-state index < -0.39 is 17.7 Å². The van der Waals surface area contributed by atoms with Gasteiger partial charge in [0.2, 0.25) is 0 Å². The average molecular weight is 364 g/mol. The van der Waals surface area contributed by atoms with Crippen molar-refractivity contribution in [2.75, 3.05) is 5.32 Å². The number of nitrogens with one attached hydrogen (secondary N) is 1. The molecule has 132 valence electrons. The van der Waals surface area contributed by atoms with Crippen LogP contribution in [-0.2, 0) is 25.5 Å². The molecule has 0 saturated carbocycles. The molecule has 1 N–H and O–H groups in total. The van der Waals surface area contributed by atoms with Crippen LogP contribution in [0.3, 0.4) is 0 Å². The summed E-state index contributed by atoms with van der Waals surface area (Å²) >= 11 is 6.18. The number of ether oxygens (including phenoxy) is 2. The SMILES string of the molecule is CCc1oc2c(NC=C3C(=O)OC(C)(C)OC3=O)cc(Cl)cc2c1C. The molecule has 1 saturated heterocycles. The lowest BCUT2D eigenvalue weighted by molar-refractivity contribution is -0.222. The average Bonchev–Trinajstić information content (AvgIpc) is 2.82. The molecule has 0 spiro atoms. The fourth-order valence-corrected chi connectivity index (χ4v) is 2.92. The molecule has 1 aliphatic heterocycles. The highest BCUT2D eigenvalue weighted by molar-refractivity contribution is 6.32. The van der Waals surface area contributed by atoms with E-state index in [9.17, 15) is 9.59 Å². The first-order valence-corrected chi connectivity index (χ1v) is 8.24. The maximum Gasteiger partial charge on any atom is 0.350 e. The molecule has 1 aliphatic rings. The first-order chi connectivity index (χ1) is 11.7. The Hall–Kier alpha value is -2.47. The molecule has 0 atom stereocenters. The second-order valence-corrected chi connectivity index (χ2v) is 6.65. The Kier molecular flexibility index (Phi) is 4.24.